The van der Waals surface area contributed by atoms with Crippen molar-refractivity contribution in [2.75, 3.05) is 13.2 Å². The lowest BCUT2D eigenvalue weighted by atomic mass is 9.83. The topological polar surface area (TPSA) is 46.5 Å². The average molecular weight is 214 g/mol. The smallest absolute Gasteiger partial charge is 0.309 e. The summed E-state index contributed by atoms with van der Waals surface area (Å²) in [7, 11) is 0. The largest absolute Gasteiger partial charge is 0.481 e. The van der Waals surface area contributed by atoms with Crippen molar-refractivity contribution in [2.45, 2.75) is 46.0 Å². The third-order valence-electron chi connectivity index (χ3n) is 3.19. The summed E-state index contributed by atoms with van der Waals surface area (Å²) < 4.78 is 5.47. The van der Waals surface area contributed by atoms with Crippen LogP contribution < -0.4 is 0 Å². The second kappa shape index (κ2) is 5.50. The molecule has 1 aliphatic carbocycles. The third-order valence-corrected chi connectivity index (χ3v) is 3.19. The van der Waals surface area contributed by atoms with Gasteiger partial charge in [0, 0.05) is 13.2 Å². The van der Waals surface area contributed by atoms with E-state index in [-0.39, 0.29) is 0 Å². The van der Waals surface area contributed by atoms with Crippen LogP contribution in [0, 0.1) is 11.3 Å². The number of aliphatic carboxylic acids is 1. The van der Waals surface area contributed by atoms with Gasteiger partial charge in [-0.3, -0.25) is 4.79 Å². The number of carbonyl (C=O) groups is 1. The Balaban J connectivity index is 2.30. The first-order valence-electron chi connectivity index (χ1n) is 5.88. The molecule has 0 aliphatic heterocycles. The fraction of sp³-hybridized carbons (Fsp3) is 0.917. The molecule has 15 heavy (non-hydrogen) atoms. The van der Waals surface area contributed by atoms with Crippen molar-refractivity contribution in [1.82, 2.24) is 0 Å². The second-order valence-corrected chi connectivity index (χ2v) is 5.01. The molecule has 88 valence electrons. The monoisotopic (exact) mass is 214 g/mol. The van der Waals surface area contributed by atoms with Crippen molar-refractivity contribution in [3.8, 4) is 0 Å². The standard InChI is InChI=1S/C12H22O3/c1-10(2)9-15-8-7-12(11(13)14)5-3-4-6-12/h10H,3-9H2,1-2H3,(H,13,14). The molecule has 0 aromatic heterocycles. The van der Waals surface area contributed by atoms with E-state index >= 15 is 0 Å². The lowest BCUT2D eigenvalue weighted by molar-refractivity contribution is -0.150. The third kappa shape index (κ3) is 3.49. The highest BCUT2D eigenvalue weighted by atomic mass is 16.5. The van der Waals surface area contributed by atoms with Crippen LogP contribution in [0.4, 0.5) is 0 Å². The van der Waals surface area contributed by atoms with Gasteiger partial charge in [0.25, 0.3) is 0 Å². The molecular weight excluding hydrogens is 192 g/mol. The molecule has 0 heterocycles. The quantitative estimate of drug-likeness (QED) is 0.691. The molecule has 0 unspecified atom stereocenters. The Morgan fingerprint density at radius 3 is 2.47 bits per heavy atom. The summed E-state index contributed by atoms with van der Waals surface area (Å²) in [5.41, 5.74) is -0.475. The van der Waals surface area contributed by atoms with Gasteiger partial charge < -0.3 is 9.84 Å². The molecule has 0 amide bonds. The molecule has 3 heteroatoms. The van der Waals surface area contributed by atoms with Crippen LogP contribution in [0.25, 0.3) is 0 Å². The minimum Gasteiger partial charge on any atom is -0.481 e. The van der Waals surface area contributed by atoms with E-state index in [0.717, 1.165) is 32.3 Å². The van der Waals surface area contributed by atoms with E-state index in [1.54, 1.807) is 0 Å². The van der Waals surface area contributed by atoms with Gasteiger partial charge >= 0.3 is 5.97 Å². The maximum Gasteiger partial charge on any atom is 0.309 e. The first-order chi connectivity index (χ1) is 7.07. The maximum atomic E-state index is 11.2. The number of ether oxygens (including phenoxy) is 1. The number of rotatable bonds is 6. The van der Waals surface area contributed by atoms with Crippen LogP contribution in [0.3, 0.4) is 0 Å². The van der Waals surface area contributed by atoms with Gasteiger partial charge in [0.2, 0.25) is 0 Å². The number of carboxylic acids is 1. The molecule has 0 aromatic rings. The van der Waals surface area contributed by atoms with E-state index in [1.165, 1.54) is 0 Å². The molecule has 3 nitrogen and oxygen atoms in total. The summed E-state index contributed by atoms with van der Waals surface area (Å²) in [4.78, 5) is 11.2. The van der Waals surface area contributed by atoms with Crippen LogP contribution >= 0.6 is 0 Å². The molecule has 0 bridgehead atoms. The lowest BCUT2D eigenvalue weighted by Crippen LogP contribution is -2.29. The van der Waals surface area contributed by atoms with Gasteiger partial charge in [0.15, 0.2) is 0 Å². The average Bonchev–Trinajstić information content (AvgIpc) is 2.62. The Labute approximate surface area is 91.8 Å². The molecule has 1 rings (SSSR count). The molecule has 0 atom stereocenters. The summed E-state index contributed by atoms with van der Waals surface area (Å²) in [6.07, 6.45) is 4.43. The SMILES string of the molecule is CC(C)COCCC1(C(=O)O)CCCC1. The Bertz CT molecular complexity index is 205. The van der Waals surface area contributed by atoms with Crippen LogP contribution in [-0.4, -0.2) is 24.3 Å². The summed E-state index contributed by atoms with van der Waals surface area (Å²) >= 11 is 0. The molecule has 1 aliphatic rings. The van der Waals surface area contributed by atoms with Gasteiger partial charge in [-0.25, -0.2) is 0 Å². The van der Waals surface area contributed by atoms with Gasteiger partial charge in [0.1, 0.15) is 0 Å². The normalized spacial score (nSPS) is 19.7. The molecule has 1 saturated carbocycles. The van der Waals surface area contributed by atoms with Crippen molar-refractivity contribution < 1.29 is 14.6 Å². The maximum absolute atomic E-state index is 11.2. The predicted octanol–water partition coefficient (Wildman–Crippen LogP) is 2.69. The Morgan fingerprint density at radius 1 is 1.40 bits per heavy atom. The van der Waals surface area contributed by atoms with Gasteiger partial charge in [-0.05, 0) is 25.2 Å². The van der Waals surface area contributed by atoms with E-state index in [9.17, 15) is 9.90 Å². The summed E-state index contributed by atoms with van der Waals surface area (Å²) in [5, 5.41) is 9.22. The highest BCUT2D eigenvalue weighted by Crippen LogP contribution is 2.41. The summed E-state index contributed by atoms with van der Waals surface area (Å²) in [6, 6.07) is 0. The van der Waals surface area contributed by atoms with E-state index in [2.05, 4.69) is 13.8 Å². The van der Waals surface area contributed by atoms with Gasteiger partial charge in [0.05, 0.1) is 5.41 Å². The summed E-state index contributed by atoms with van der Waals surface area (Å²) in [6.45, 7) is 5.52. The van der Waals surface area contributed by atoms with Crippen LogP contribution in [-0.2, 0) is 9.53 Å². The molecular formula is C12H22O3. The van der Waals surface area contributed by atoms with Crippen LogP contribution in [0.2, 0.25) is 0 Å². The van der Waals surface area contributed by atoms with Gasteiger partial charge in [-0.15, -0.1) is 0 Å². The Morgan fingerprint density at radius 2 is 2.00 bits per heavy atom. The van der Waals surface area contributed by atoms with E-state index in [0.29, 0.717) is 18.9 Å². The molecule has 0 spiro atoms. The highest BCUT2D eigenvalue weighted by Gasteiger charge is 2.40. The van der Waals surface area contributed by atoms with Crippen molar-refractivity contribution in [3.63, 3.8) is 0 Å². The van der Waals surface area contributed by atoms with Crippen molar-refractivity contribution in [1.29, 1.82) is 0 Å². The van der Waals surface area contributed by atoms with Gasteiger partial charge in [-0.2, -0.15) is 0 Å². The molecule has 0 saturated heterocycles. The summed E-state index contributed by atoms with van der Waals surface area (Å²) in [5.74, 6) is -0.109. The molecule has 0 radical (unpaired) electrons. The molecule has 1 fully saturated rings. The first kappa shape index (κ1) is 12.5. The predicted molar refractivity (Wildman–Crippen MR) is 58.8 cm³/mol. The Kier molecular flexibility index (Phi) is 4.58. The zero-order chi connectivity index (χ0) is 11.3. The zero-order valence-electron chi connectivity index (χ0n) is 9.79. The fourth-order valence-electron chi connectivity index (χ4n) is 2.21. The minimum atomic E-state index is -0.631. The Hall–Kier alpha value is -0.570. The van der Waals surface area contributed by atoms with Crippen molar-refractivity contribution in [3.05, 3.63) is 0 Å². The van der Waals surface area contributed by atoms with E-state index in [1.807, 2.05) is 0 Å². The number of hydrogen-bond donors (Lipinski definition) is 1. The van der Waals surface area contributed by atoms with Crippen LogP contribution in [0.1, 0.15) is 46.0 Å². The first-order valence-corrected chi connectivity index (χ1v) is 5.88. The number of hydrogen-bond acceptors (Lipinski definition) is 2. The number of carboxylic acid groups (broad SMARTS) is 1. The van der Waals surface area contributed by atoms with E-state index < -0.39 is 11.4 Å². The van der Waals surface area contributed by atoms with Crippen LogP contribution in [0.15, 0.2) is 0 Å². The lowest BCUT2D eigenvalue weighted by Gasteiger charge is -2.23. The zero-order valence-corrected chi connectivity index (χ0v) is 9.79. The van der Waals surface area contributed by atoms with E-state index in [4.69, 9.17) is 4.74 Å². The fourth-order valence-corrected chi connectivity index (χ4v) is 2.21. The molecule has 1 N–H and O–H groups in total. The molecule has 0 aromatic carbocycles. The van der Waals surface area contributed by atoms with Crippen LogP contribution in [0.5, 0.6) is 0 Å². The minimum absolute atomic E-state index is 0.475. The second-order valence-electron chi connectivity index (χ2n) is 5.01. The van der Waals surface area contributed by atoms with Crippen molar-refractivity contribution in [2.24, 2.45) is 11.3 Å². The van der Waals surface area contributed by atoms with Gasteiger partial charge in [-0.1, -0.05) is 26.7 Å². The highest BCUT2D eigenvalue weighted by molar-refractivity contribution is 5.74. The van der Waals surface area contributed by atoms with Crippen molar-refractivity contribution >= 4 is 5.97 Å².